The van der Waals surface area contributed by atoms with Crippen molar-refractivity contribution in [2.45, 2.75) is 18.6 Å². The highest BCUT2D eigenvalue weighted by Crippen LogP contribution is 2.21. The van der Waals surface area contributed by atoms with Crippen LogP contribution in [0, 0.1) is 11.6 Å². The summed E-state index contributed by atoms with van der Waals surface area (Å²) in [7, 11) is 0. The highest BCUT2D eigenvalue weighted by molar-refractivity contribution is 5.88. The molecule has 8 heteroatoms. The molecule has 2 rings (SSSR count). The highest BCUT2D eigenvalue weighted by Gasteiger charge is 2.38. The Kier molecular flexibility index (Phi) is 4.35. The number of primary amides is 1. The topological polar surface area (TPSA) is 72.6 Å². The van der Waals surface area contributed by atoms with Crippen LogP contribution in [0.5, 0.6) is 5.75 Å². The van der Waals surface area contributed by atoms with E-state index in [1.54, 1.807) is 0 Å². The molecule has 114 valence electrons. The van der Waals surface area contributed by atoms with E-state index in [4.69, 9.17) is 10.5 Å². The molecule has 1 aliphatic heterocycles. The molecule has 1 fully saturated rings. The molecule has 0 aliphatic carbocycles. The summed E-state index contributed by atoms with van der Waals surface area (Å²) >= 11 is 0. The summed E-state index contributed by atoms with van der Waals surface area (Å²) in [6.07, 6.45) is -1.50. The molecule has 2 N–H and O–H groups in total. The summed E-state index contributed by atoms with van der Waals surface area (Å²) < 4.78 is 44.2. The number of alkyl halides is 1. The van der Waals surface area contributed by atoms with Crippen LogP contribution in [0.15, 0.2) is 18.2 Å². The Morgan fingerprint density at radius 1 is 1.38 bits per heavy atom. The van der Waals surface area contributed by atoms with Gasteiger partial charge in [-0.3, -0.25) is 9.59 Å². The fraction of sp³-hybridized carbons (Fsp3) is 0.385. The van der Waals surface area contributed by atoms with Crippen LogP contribution in [0.3, 0.4) is 0 Å². The Labute approximate surface area is 118 Å². The molecule has 0 bridgehead atoms. The number of carbonyl (C=O) groups excluding carboxylic acids is 2. The molecule has 2 amide bonds. The second-order valence-electron chi connectivity index (χ2n) is 4.66. The molecule has 0 saturated carbocycles. The maximum atomic E-state index is 13.3. The Morgan fingerprint density at radius 3 is 2.71 bits per heavy atom. The fourth-order valence-corrected chi connectivity index (χ4v) is 2.14. The summed E-state index contributed by atoms with van der Waals surface area (Å²) in [5, 5.41) is 0. The quantitative estimate of drug-likeness (QED) is 0.893. The predicted molar refractivity (Wildman–Crippen MR) is 66.1 cm³/mol. The first-order valence-corrected chi connectivity index (χ1v) is 6.19. The van der Waals surface area contributed by atoms with Gasteiger partial charge < -0.3 is 15.4 Å². The average molecular weight is 302 g/mol. The largest absolute Gasteiger partial charge is 0.481 e. The number of carbonyl (C=O) groups is 2. The minimum Gasteiger partial charge on any atom is -0.481 e. The van der Waals surface area contributed by atoms with Gasteiger partial charge in [-0.05, 0) is 12.1 Å². The number of nitrogens with zero attached hydrogens (tertiary/aromatic N) is 1. The van der Waals surface area contributed by atoms with E-state index in [1.807, 2.05) is 0 Å². The van der Waals surface area contributed by atoms with E-state index in [2.05, 4.69) is 0 Å². The molecule has 1 saturated heterocycles. The van der Waals surface area contributed by atoms with Gasteiger partial charge in [-0.1, -0.05) is 0 Å². The second-order valence-corrected chi connectivity index (χ2v) is 4.66. The van der Waals surface area contributed by atoms with Crippen LogP contribution in [0.2, 0.25) is 0 Å². The highest BCUT2D eigenvalue weighted by atomic mass is 19.1. The van der Waals surface area contributed by atoms with E-state index in [-0.39, 0.29) is 18.7 Å². The van der Waals surface area contributed by atoms with Gasteiger partial charge in [0.05, 0.1) is 6.54 Å². The molecule has 1 heterocycles. The van der Waals surface area contributed by atoms with Gasteiger partial charge in [-0.25, -0.2) is 13.2 Å². The molecule has 0 spiro atoms. The smallest absolute Gasteiger partial charge is 0.261 e. The van der Waals surface area contributed by atoms with Crippen molar-refractivity contribution in [1.82, 2.24) is 4.90 Å². The van der Waals surface area contributed by atoms with Crippen molar-refractivity contribution < 1.29 is 27.5 Å². The summed E-state index contributed by atoms with van der Waals surface area (Å²) in [4.78, 5) is 24.0. The molecular weight excluding hydrogens is 289 g/mol. The Morgan fingerprint density at radius 2 is 2.10 bits per heavy atom. The van der Waals surface area contributed by atoms with Gasteiger partial charge in [0.15, 0.2) is 18.2 Å². The Hall–Kier alpha value is -2.25. The van der Waals surface area contributed by atoms with E-state index < -0.39 is 42.3 Å². The minimum atomic E-state index is -1.34. The van der Waals surface area contributed by atoms with Gasteiger partial charge in [0.25, 0.3) is 5.91 Å². The summed E-state index contributed by atoms with van der Waals surface area (Å²) in [5.74, 6) is -3.55. The predicted octanol–water partition coefficient (Wildman–Crippen LogP) is 0.768. The number of halogens is 3. The fourth-order valence-electron chi connectivity index (χ4n) is 2.14. The Bertz CT molecular complexity index is 568. The number of ether oxygens (including phenoxy) is 1. The lowest BCUT2D eigenvalue weighted by Gasteiger charge is -2.21. The number of benzene rings is 1. The van der Waals surface area contributed by atoms with Crippen molar-refractivity contribution in [2.24, 2.45) is 5.73 Å². The zero-order chi connectivity index (χ0) is 15.6. The van der Waals surface area contributed by atoms with Crippen LogP contribution in [0.4, 0.5) is 13.2 Å². The van der Waals surface area contributed by atoms with Crippen molar-refractivity contribution in [3.05, 3.63) is 29.8 Å². The zero-order valence-corrected chi connectivity index (χ0v) is 10.9. The number of hydrogen-bond acceptors (Lipinski definition) is 3. The van der Waals surface area contributed by atoms with Gasteiger partial charge in [-0.15, -0.1) is 0 Å². The maximum absolute atomic E-state index is 13.3. The number of nitrogens with two attached hydrogens (primary N) is 1. The van der Waals surface area contributed by atoms with Crippen LogP contribution >= 0.6 is 0 Å². The molecule has 1 aromatic carbocycles. The van der Waals surface area contributed by atoms with Crippen LogP contribution in [-0.4, -0.2) is 42.1 Å². The van der Waals surface area contributed by atoms with Crippen LogP contribution in [0.25, 0.3) is 0 Å². The summed E-state index contributed by atoms with van der Waals surface area (Å²) in [5.41, 5.74) is 5.09. The maximum Gasteiger partial charge on any atom is 0.261 e. The number of likely N-dealkylation sites (tertiary alicyclic amines) is 1. The minimum absolute atomic E-state index is 0.161. The summed E-state index contributed by atoms with van der Waals surface area (Å²) in [6, 6.07) is 1.59. The molecule has 0 radical (unpaired) electrons. The lowest BCUT2D eigenvalue weighted by molar-refractivity contribution is -0.139. The zero-order valence-electron chi connectivity index (χ0n) is 10.9. The number of amides is 2. The van der Waals surface area contributed by atoms with E-state index in [1.165, 1.54) is 0 Å². The third-order valence-corrected chi connectivity index (χ3v) is 3.14. The molecule has 2 atom stereocenters. The van der Waals surface area contributed by atoms with Crippen molar-refractivity contribution >= 4 is 11.8 Å². The monoisotopic (exact) mass is 302 g/mol. The molecular formula is C13H13F3N2O3. The van der Waals surface area contributed by atoms with Crippen LogP contribution < -0.4 is 10.5 Å². The lowest BCUT2D eigenvalue weighted by atomic mass is 10.2. The normalized spacial score (nSPS) is 21.4. The molecule has 0 unspecified atom stereocenters. The first-order chi connectivity index (χ1) is 9.88. The van der Waals surface area contributed by atoms with Gasteiger partial charge in [0.2, 0.25) is 5.91 Å². The Balaban J connectivity index is 1.99. The van der Waals surface area contributed by atoms with Crippen molar-refractivity contribution in [2.75, 3.05) is 13.2 Å². The first kappa shape index (κ1) is 15.1. The third kappa shape index (κ3) is 3.45. The molecule has 1 aromatic rings. The molecule has 0 aromatic heterocycles. The van der Waals surface area contributed by atoms with Gasteiger partial charge >= 0.3 is 0 Å². The molecule has 1 aliphatic rings. The summed E-state index contributed by atoms with van der Waals surface area (Å²) in [6.45, 7) is -0.860. The third-order valence-electron chi connectivity index (χ3n) is 3.14. The van der Waals surface area contributed by atoms with Gasteiger partial charge in [0, 0.05) is 12.5 Å². The van der Waals surface area contributed by atoms with Crippen molar-refractivity contribution in [3.63, 3.8) is 0 Å². The van der Waals surface area contributed by atoms with E-state index in [0.717, 1.165) is 17.0 Å². The van der Waals surface area contributed by atoms with E-state index in [9.17, 15) is 22.8 Å². The standard InChI is InChI=1S/C13H13F3N2O3/c14-7-1-2-11(9(16)3-7)21-6-12(19)18-5-8(15)4-10(18)13(17)20/h1-3,8,10H,4-6H2,(H2,17,20)/t8-,10+/m1/s1. The molecule has 21 heavy (non-hydrogen) atoms. The lowest BCUT2D eigenvalue weighted by Crippen LogP contribution is -2.45. The van der Waals surface area contributed by atoms with Gasteiger partial charge in [-0.2, -0.15) is 0 Å². The first-order valence-electron chi connectivity index (χ1n) is 6.19. The second kappa shape index (κ2) is 6.02. The SMILES string of the molecule is NC(=O)[C@@H]1C[C@@H](F)CN1C(=O)COc1ccc(F)cc1F. The van der Waals surface area contributed by atoms with Gasteiger partial charge in [0.1, 0.15) is 18.0 Å². The molecule has 5 nitrogen and oxygen atoms in total. The van der Waals surface area contributed by atoms with Crippen LogP contribution in [-0.2, 0) is 9.59 Å². The number of rotatable bonds is 4. The van der Waals surface area contributed by atoms with Crippen molar-refractivity contribution in [1.29, 1.82) is 0 Å². The van der Waals surface area contributed by atoms with Crippen molar-refractivity contribution in [3.8, 4) is 5.75 Å². The average Bonchev–Trinajstić information content (AvgIpc) is 2.80. The van der Waals surface area contributed by atoms with E-state index in [0.29, 0.717) is 6.07 Å². The van der Waals surface area contributed by atoms with E-state index >= 15 is 0 Å². The number of hydrogen-bond donors (Lipinski definition) is 1. The van der Waals surface area contributed by atoms with Crippen LogP contribution in [0.1, 0.15) is 6.42 Å².